The summed E-state index contributed by atoms with van der Waals surface area (Å²) in [5, 5.41) is 4.67. The Hall–Kier alpha value is -0.860. The average Bonchev–Trinajstić information content (AvgIpc) is 2.58. The van der Waals surface area contributed by atoms with Crippen LogP contribution in [0.1, 0.15) is 0 Å². The minimum atomic E-state index is 0.749. The molecule has 0 fully saturated rings. The minimum Gasteiger partial charge on any atom is -0.244 e. The highest BCUT2D eigenvalue weighted by Crippen LogP contribution is 2.22. The number of thiazole rings is 1. The molecule has 1 aromatic carbocycles. The molecule has 2 rings (SSSR count). The van der Waals surface area contributed by atoms with Crippen LogP contribution < -0.4 is 0 Å². The fourth-order valence-corrected chi connectivity index (χ4v) is 1.62. The molecule has 0 aliphatic rings. The molecule has 59 valence electrons. The lowest BCUT2D eigenvalue weighted by Crippen LogP contribution is -1.73. The Labute approximate surface area is 79.7 Å². The molecule has 0 aliphatic carbocycles. The van der Waals surface area contributed by atoms with Gasteiger partial charge in [0.2, 0.25) is 0 Å². The lowest BCUT2D eigenvalue weighted by Gasteiger charge is -1.94. The zero-order valence-electron chi connectivity index (χ0n) is 6.12. The Morgan fingerprint density at radius 3 is 2.58 bits per heavy atom. The van der Waals surface area contributed by atoms with E-state index in [2.05, 4.69) is 10.4 Å². The maximum absolute atomic E-state index is 5.75. The van der Waals surface area contributed by atoms with Crippen molar-refractivity contribution < 1.29 is 0 Å². The maximum atomic E-state index is 5.75. The van der Waals surface area contributed by atoms with Crippen molar-refractivity contribution in [2.24, 2.45) is 0 Å². The molecule has 2 aromatic rings. The van der Waals surface area contributed by atoms with Gasteiger partial charge in [-0.2, -0.15) is 0 Å². The van der Waals surface area contributed by atoms with E-state index >= 15 is 0 Å². The summed E-state index contributed by atoms with van der Waals surface area (Å²) < 4.78 is 0. The standard InChI is InChI=1S/C9H5ClNS/c10-8-3-1-7(2-4-8)9-11-5-6-12-9/h1-5H. The van der Waals surface area contributed by atoms with Crippen molar-refractivity contribution in [2.45, 2.75) is 0 Å². The van der Waals surface area contributed by atoms with Crippen molar-refractivity contribution in [3.05, 3.63) is 40.9 Å². The minimum absolute atomic E-state index is 0.749. The molecule has 1 radical (unpaired) electrons. The van der Waals surface area contributed by atoms with Crippen molar-refractivity contribution in [3.63, 3.8) is 0 Å². The molecule has 0 aliphatic heterocycles. The van der Waals surface area contributed by atoms with Gasteiger partial charge in [0.15, 0.2) is 0 Å². The summed E-state index contributed by atoms with van der Waals surface area (Å²) in [6.45, 7) is 0. The Bertz CT molecular complexity index is 353. The van der Waals surface area contributed by atoms with Gasteiger partial charge in [-0.25, -0.2) is 4.98 Å². The van der Waals surface area contributed by atoms with Crippen LogP contribution in [0.25, 0.3) is 10.6 Å². The summed E-state index contributed by atoms with van der Waals surface area (Å²) in [6, 6.07) is 7.63. The van der Waals surface area contributed by atoms with Crippen LogP contribution in [0.3, 0.4) is 0 Å². The summed E-state index contributed by atoms with van der Waals surface area (Å²) in [5.41, 5.74) is 1.09. The molecule has 0 saturated carbocycles. The molecule has 0 atom stereocenters. The van der Waals surface area contributed by atoms with E-state index in [4.69, 9.17) is 11.6 Å². The first kappa shape index (κ1) is 7.77. The molecule has 0 spiro atoms. The number of nitrogens with zero attached hydrogens (tertiary/aromatic N) is 1. The lowest BCUT2D eigenvalue weighted by molar-refractivity contribution is 1.41. The monoisotopic (exact) mass is 194 g/mol. The SMILES string of the molecule is Clc1ccc(-c2nc[c]s2)cc1. The van der Waals surface area contributed by atoms with Gasteiger partial charge in [0.1, 0.15) is 5.01 Å². The number of rotatable bonds is 1. The third-order valence-corrected chi connectivity index (χ3v) is 2.49. The second kappa shape index (κ2) is 3.25. The van der Waals surface area contributed by atoms with Gasteiger partial charge in [-0.3, -0.25) is 0 Å². The summed E-state index contributed by atoms with van der Waals surface area (Å²) in [5.74, 6) is 0. The zero-order valence-corrected chi connectivity index (χ0v) is 7.69. The zero-order chi connectivity index (χ0) is 8.39. The number of halogens is 1. The molecule has 0 bridgehead atoms. The Morgan fingerprint density at radius 1 is 1.25 bits per heavy atom. The number of benzene rings is 1. The fourth-order valence-electron chi connectivity index (χ4n) is 0.919. The van der Waals surface area contributed by atoms with E-state index in [0.717, 1.165) is 15.6 Å². The molecule has 0 N–H and O–H groups in total. The van der Waals surface area contributed by atoms with E-state index in [1.165, 1.54) is 11.3 Å². The molecule has 1 heterocycles. The van der Waals surface area contributed by atoms with Crippen molar-refractivity contribution >= 4 is 22.9 Å². The van der Waals surface area contributed by atoms with Crippen molar-refractivity contribution in [3.8, 4) is 10.6 Å². The fraction of sp³-hybridized carbons (Fsp3) is 0. The van der Waals surface area contributed by atoms with Crippen LogP contribution in [-0.2, 0) is 0 Å². The molecular weight excluding hydrogens is 190 g/mol. The van der Waals surface area contributed by atoms with E-state index in [9.17, 15) is 0 Å². The van der Waals surface area contributed by atoms with Gasteiger partial charge in [0.05, 0.1) is 5.38 Å². The van der Waals surface area contributed by atoms with Crippen LogP contribution >= 0.6 is 22.9 Å². The predicted molar refractivity (Wildman–Crippen MR) is 51.4 cm³/mol. The first-order valence-electron chi connectivity index (χ1n) is 3.44. The van der Waals surface area contributed by atoms with Crippen LogP contribution in [0.15, 0.2) is 30.5 Å². The number of hydrogen-bond donors (Lipinski definition) is 0. The van der Waals surface area contributed by atoms with E-state index in [0.29, 0.717) is 0 Å². The van der Waals surface area contributed by atoms with Crippen molar-refractivity contribution in [2.75, 3.05) is 0 Å². The Morgan fingerprint density at radius 2 is 2.00 bits per heavy atom. The molecule has 0 amide bonds. The maximum Gasteiger partial charge on any atom is 0.123 e. The van der Waals surface area contributed by atoms with E-state index in [1.807, 2.05) is 24.3 Å². The summed E-state index contributed by atoms with van der Waals surface area (Å²) in [6.07, 6.45) is 1.68. The van der Waals surface area contributed by atoms with Crippen LogP contribution in [0, 0.1) is 5.38 Å². The summed E-state index contributed by atoms with van der Waals surface area (Å²) in [4.78, 5) is 4.14. The highest BCUT2D eigenvalue weighted by Gasteiger charge is 1.98. The van der Waals surface area contributed by atoms with Crippen LogP contribution in [0.2, 0.25) is 5.02 Å². The Balaban J connectivity index is 2.43. The summed E-state index contributed by atoms with van der Waals surface area (Å²) >= 11 is 7.25. The topological polar surface area (TPSA) is 12.9 Å². The van der Waals surface area contributed by atoms with E-state index < -0.39 is 0 Å². The van der Waals surface area contributed by atoms with Crippen LogP contribution in [0.4, 0.5) is 0 Å². The first-order chi connectivity index (χ1) is 5.86. The molecule has 1 aromatic heterocycles. The normalized spacial score (nSPS) is 10.1. The highest BCUT2D eigenvalue weighted by atomic mass is 35.5. The van der Waals surface area contributed by atoms with Crippen LogP contribution in [-0.4, -0.2) is 4.98 Å². The Kier molecular flexibility index (Phi) is 2.11. The highest BCUT2D eigenvalue weighted by molar-refractivity contribution is 7.12. The molecule has 0 unspecified atom stereocenters. The largest absolute Gasteiger partial charge is 0.244 e. The van der Waals surface area contributed by atoms with Gasteiger partial charge < -0.3 is 0 Å². The third-order valence-electron chi connectivity index (χ3n) is 1.48. The van der Waals surface area contributed by atoms with Gasteiger partial charge in [-0.05, 0) is 12.1 Å². The van der Waals surface area contributed by atoms with Crippen molar-refractivity contribution in [1.29, 1.82) is 0 Å². The van der Waals surface area contributed by atoms with Gasteiger partial charge in [0, 0.05) is 16.8 Å². The molecule has 12 heavy (non-hydrogen) atoms. The second-order valence-electron chi connectivity index (χ2n) is 2.29. The van der Waals surface area contributed by atoms with Crippen LogP contribution in [0.5, 0.6) is 0 Å². The molecular formula is C9H5ClNS. The van der Waals surface area contributed by atoms with Gasteiger partial charge in [-0.15, -0.1) is 11.3 Å². The molecule has 1 nitrogen and oxygen atoms in total. The van der Waals surface area contributed by atoms with E-state index in [1.54, 1.807) is 6.20 Å². The lowest BCUT2D eigenvalue weighted by atomic mass is 10.2. The quantitative estimate of drug-likeness (QED) is 0.679. The van der Waals surface area contributed by atoms with Gasteiger partial charge in [-0.1, -0.05) is 23.7 Å². The van der Waals surface area contributed by atoms with Gasteiger partial charge in [0.25, 0.3) is 0 Å². The van der Waals surface area contributed by atoms with E-state index in [-0.39, 0.29) is 0 Å². The van der Waals surface area contributed by atoms with Gasteiger partial charge >= 0.3 is 0 Å². The number of aromatic nitrogens is 1. The average molecular weight is 195 g/mol. The summed E-state index contributed by atoms with van der Waals surface area (Å²) in [7, 11) is 0. The van der Waals surface area contributed by atoms with Crippen molar-refractivity contribution in [1.82, 2.24) is 4.98 Å². The second-order valence-corrected chi connectivity index (χ2v) is 3.55. The molecule has 3 heteroatoms. The first-order valence-corrected chi connectivity index (χ1v) is 4.63. The number of hydrogen-bond acceptors (Lipinski definition) is 2. The molecule has 0 saturated heterocycles. The third kappa shape index (κ3) is 1.49. The predicted octanol–water partition coefficient (Wildman–Crippen LogP) is 3.26. The smallest absolute Gasteiger partial charge is 0.123 e.